The molecule has 1 aliphatic rings. The Morgan fingerprint density at radius 3 is 2.75 bits per heavy atom. The Kier molecular flexibility index (Phi) is 6.82. The highest BCUT2D eigenvalue weighted by atomic mass is 35.5. The van der Waals surface area contributed by atoms with Gasteiger partial charge < -0.3 is 15.7 Å². The standard InChI is InChI=1S/C15H22N2O2.ClH/c1-11-10-13(7-9-16-11)15(19)17-8-6-12-2-4-14(18)5-3-12;/h2-5,11,13,16,18H,6-10H2,1H3,(H,17,19);1H/t11-,13-;/m0./s1. The van der Waals surface area contributed by atoms with Crippen molar-refractivity contribution in [3.05, 3.63) is 29.8 Å². The minimum Gasteiger partial charge on any atom is -0.508 e. The average Bonchev–Trinajstić information content (AvgIpc) is 2.41. The molecule has 2 rings (SSSR count). The minimum absolute atomic E-state index is 0. The molecular weight excluding hydrogens is 276 g/mol. The van der Waals surface area contributed by atoms with E-state index in [1.165, 1.54) is 0 Å². The summed E-state index contributed by atoms with van der Waals surface area (Å²) in [7, 11) is 0. The van der Waals surface area contributed by atoms with E-state index in [9.17, 15) is 9.90 Å². The van der Waals surface area contributed by atoms with Crippen LogP contribution in [-0.4, -0.2) is 30.1 Å². The molecule has 1 saturated heterocycles. The van der Waals surface area contributed by atoms with E-state index in [1.807, 2.05) is 12.1 Å². The van der Waals surface area contributed by atoms with Crippen LogP contribution in [0, 0.1) is 5.92 Å². The number of phenols is 1. The van der Waals surface area contributed by atoms with Crippen LogP contribution in [0.25, 0.3) is 0 Å². The molecule has 0 saturated carbocycles. The van der Waals surface area contributed by atoms with Crippen LogP contribution in [0.2, 0.25) is 0 Å². The zero-order valence-electron chi connectivity index (χ0n) is 11.8. The first kappa shape index (κ1) is 16.8. The molecule has 112 valence electrons. The van der Waals surface area contributed by atoms with Gasteiger partial charge in [-0.2, -0.15) is 0 Å². The van der Waals surface area contributed by atoms with Crippen molar-refractivity contribution in [2.75, 3.05) is 13.1 Å². The van der Waals surface area contributed by atoms with E-state index in [-0.39, 0.29) is 30.0 Å². The normalized spacial score (nSPS) is 21.9. The van der Waals surface area contributed by atoms with E-state index in [2.05, 4.69) is 17.6 Å². The SMILES string of the molecule is C[C@H]1C[C@@H](C(=O)NCCc2ccc(O)cc2)CCN1.Cl. The Morgan fingerprint density at radius 1 is 1.40 bits per heavy atom. The fourth-order valence-corrected chi connectivity index (χ4v) is 2.51. The summed E-state index contributed by atoms with van der Waals surface area (Å²) in [4.78, 5) is 12.0. The molecule has 1 fully saturated rings. The van der Waals surface area contributed by atoms with Crippen molar-refractivity contribution in [3.63, 3.8) is 0 Å². The molecule has 0 spiro atoms. The largest absolute Gasteiger partial charge is 0.508 e. The lowest BCUT2D eigenvalue weighted by atomic mass is 9.92. The number of nitrogens with one attached hydrogen (secondary N) is 2. The van der Waals surface area contributed by atoms with Crippen molar-refractivity contribution in [1.29, 1.82) is 0 Å². The topological polar surface area (TPSA) is 61.4 Å². The smallest absolute Gasteiger partial charge is 0.223 e. The second-order valence-corrected chi connectivity index (χ2v) is 5.28. The van der Waals surface area contributed by atoms with Gasteiger partial charge in [-0.1, -0.05) is 12.1 Å². The van der Waals surface area contributed by atoms with Gasteiger partial charge in [-0.25, -0.2) is 0 Å². The van der Waals surface area contributed by atoms with Gasteiger partial charge >= 0.3 is 0 Å². The van der Waals surface area contributed by atoms with Crippen LogP contribution in [0.3, 0.4) is 0 Å². The van der Waals surface area contributed by atoms with E-state index in [1.54, 1.807) is 12.1 Å². The van der Waals surface area contributed by atoms with Crippen LogP contribution in [0.1, 0.15) is 25.3 Å². The van der Waals surface area contributed by atoms with Gasteiger partial charge in [0.25, 0.3) is 0 Å². The Hall–Kier alpha value is -1.26. The van der Waals surface area contributed by atoms with E-state index >= 15 is 0 Å². The van der Waals surface area contributed by atoms with Crippen molar-refractivity contribution in [2.24, 2.45) is 5.92 Å². The third-order valence-corrected chi connectivity index (χ3v) is 3.64. The molecule has 1 aliphatic heterocycles. The minimum atomic E-state index is 0. The summed E-state index contributed by atoms with van der Waals surface area (Å²) in [6.07, 6.45) is 2.65. The number of carbonyl (C=O) groups is 1. The van der Waals surface area contributed by atoms with Crippen LogP contribution < -0.4 is 10.6 Å². The van der Waals surface area contributed by atoms with Gasteiger partial charge in [0.05, 0.1) is 0 Å². The lowest BCUT2D eigenvalue weighted by molar-refractivity contribution is -0.126. The Bertz CT molecular complexity index is 422. The van der Waals surface area contributed by atoms with Gasteiger partial charge in [0.1, 0.15) is 5.75 Å². The van der Waals surface area contributed by atoms with Gasteiger partial charge in [0, 0.05) is 18.5 Å². The molecule has 20 heavy (non-hydrogen) atoms. The van der Waals surface area contributed by atoms with Gasteiger partial charge in [-0.15, -0.1) is 12.4 Å². The maximum Gasteiger partial charge on any atom is 0.223 e. The fraction of sp³-hybridized carbons (Fsp3) is 0.533. The second-order valence-electron chi connectivity index (χ2n) is 5.28. The molecule has 1 aromatic carbocycles. The second kappa shape index (κ2) is 8.12. The van der Waals surface area contributed by atoms with Crippen LogP contribution in [-0.2, 0) is 11.2 Å². The summed E-state index contributed by atoms with van der Waals surface area (Å²) < 4.78 is 0. The number of hydrogen-bond donors (Lipinski definition) is 3. The highest BCUT2D eigenvalue weighted by Gasteiger charge is 2.24. The lowest BCUT2D eigenvalue weighted by Gasteiger charge is -2.27. The highest BCUT2D eigenvalue weighted by molar-refractivity contribution is 5.85. The molecule has 1 amide bonds. The Labute approximate surface area is 126 Å². The predicted molar refractivity (Wildman–Crippen MR) is 82.3 cm³/mol. The Morgan fingerprint density at radius 2 is 2.10 bits per heavy atom. The number of benzene rings is 1. The summed E-state index contributed by atoms with van der Waals surface area (Å²) in [5, 5.41) is 15.5. The zero-order chi connectivity index (χ0) is 13.7. The maximum absolute atomic E-state index is 12.0. The van der Waals surface area contributed by atoms with E-state index in [0.717, 1.165) is 31.4 Å². The lowest BCUT2D eigenvalue weighted by Crippen LogP contribution is -2.42. The molecule has 0 aliphatic carbocycles. The molecule has 3 N–H and O–H groups in total. The summed E-state index contributed by atoms with van der Waals surface area (Å²) in [5.74, 6) is 0.597. The van der Waals surface area contributed by atoms with Crippen LogP contribution in [0.15, 0.2) is 24.3 Å². The first-order valence-corrected chi connectivity index (χ1v) is 6.94. The molecule has 0 aromatic heterocycles. The number of halogens is 1. The molecule has 0 radical (unpaired) electrons. The summed E-state index contributed by atoms with van der Waals surface area (Å²) in [5.41, 5.74) is 1.12. The third kappa shape index (κ3) is 5.02. The summed E-state index contributed by atoms with van der Waals surface area (Å²) in [6, 6.07) is 7.54. The van der Waals surface area contributed by atoms with Crippen LogP contribution >= 0.6 is 12.4 Å². The molecule has 4 nitrogen and oxygen atoms in total. The third-order valence-electron chi connectivity index (χ3n) is 3.64. The van der Waals surface area contributed by atoms with Gasteiger partial charge in [0.15, 0.2) is 0 Å². The zero-order valence-corrected chi connectivity index (χ0v) is 12.6. The molecule has 1 heterocycles. The summed E-state index contributed by atoms with van der Waals surface area (Å²) >= 11 is 0. The number of carbonyl (C=O) groups excluding carboxylic acids is 1. The van der Waals surface area contributed by atoms with E-state index in [4.69, 9.17) is 0 Å². The van der Waals surface area contributed by atoms with E-state index in [0.29, 0.717) is 12.6 Å². The van der Waals surface area contributed by atoms with Crippen LogP contribution in [0.5, 0.6) is 5.75 Å². The predicted octanol–water partition coefficient (Wildman–Crippen LogP) is 1.86. The van der Waals surface area contributed by atoms with Crippen LogP contribution in [0.4, 0.5) is 0 Å². The van der Waals surface area contributed by atoms with Crippen molar-refractivity contribution in [1.82, 2.24) is 10.6 Å². The monoisotopic (exact) mass is 298 g/mol. The number of aromatic hydroxyl groups is 1. The van der Waals surface area contributed by atoms with Crippen molar-refractivity contribution in [2.45, 2.75) is 32.2 Å². The van der Waals surface area contributed by atoms with Gasteiger partial charge in [-0.05, 0) is 50.4 Å². The Balaban J connectivity index is 0.00000200. The molecule has 0 bridgehead atoms. The van der Waals surface area contributed by atoms with Gasteiger partial charge in [-0.3, -0.25) is 4.79 Å². The van der Waals surface area contributed by atoms with Crippen molar-refractivity contribution >= 4 is 18.3 Å². The van der Waals surface area contributed by atoms with Gasteiger partial charge in [0.2, 0.25) is 5.91 Å². The quantitative estimate of drug-likeness (QED) is 0.795. The molecule has 1 aromatic rings. The maximum atomic E-state index is 12.0. The number of amides is 1. The summed E-state index contributed by atoms with van der Waals surface area (Å²) in [6.45, 7) is 3.70. The molecule has 2 atom stereocenters. The number of rotatable bonds is 4. The molecular formula is C15H23ClN2O2. The molecule has 0 unspecified atom stereocenters. The first-order valence-electron chi connectivity index (χ1n) is 6.94. The van der Waals surface area contributed by atoms with E-state index < -0.39 is 0 Å². The number of hydrogen-bond acceptors (Lipinski definition) is 3. The van der Waals surface area contributed by atoms with Crippen molar-refractivity contribution < 1.29 is 9.90 Å². The highest BCUT2D eigenvalue weighted by Crippen LogP contribution is 2.16. The molecule has 5 heteroatoms. The average molecular weight is 299 g/mol. The number of piperidine rings is 1. The number of phenolic OH excluding ortho intramolecular Hbond substituents is 1. The first-order chi connectivity index (χ1) is 9.15. The van der Waals surface area contributed by atoms with Crippen molar-refractivity contribution in [3.8, 4) is 5.75 Å². The fourth-order valence-electron chi connectivity index (χ4n) is 2.51.